The van der Waals surface area contributed by atoms with Crippen molar-refractivity contribution in [3.8, 4) is 5.75 Å². The van der Waals surface area contributed by atoms with Crippen molar-refractivity contribution >= 4 is 5.91 Å². The molecule has 1 fully saturated rings. The smallest absolute Gasteiger partial charge is 0.227 e. The molecule has 1 aliphatic rings. The number of amides is 1. The summed E-state index contributed by atoms with van der Waals surface area (Å²) in [6.45, 7) is 1.84. The fraction of sp³-hybridized carbons (Fsp3) is 0.421. The zero-order chi connectivity index (χ0) is 17.5. The van der Waals surface area contributed by atoms with Gasteiger partial charge < -0.3 is 14.4 Å². The van der Waals surface area contributed by atoms with Gasteiger partial charge >= 0.3 is 0 Å². The van der Waals surface area contributed by atoms with Crippen LogP contribution in [0.25, 0.3) is 0 Å². The van der Waals surface area contributed by atoms with Gasteiger partial charge in [0.2, 0.25) is 5.91 Å². The maximum Gasteiger partial charge on any atom is 0.227 e. The Morgan fingerprint density at radius 1 is 1.36 bits per heavy atom. The Kier molecular flexibility index (Phi) is 5.95. The summed E-state index contributed by atoms with van der Waals surface area (Å²) >= 11 is 0. The van der Waals surface area contributed by atoms with Crippen molar-refractivity contribution in [3.05, 3.63) is 54.1 Å². The van der Waals surface area contributed by atoms with Gasteiger partial charge in [0, 0.05) is 30.5 Å². The average molecular weight is 341 g/mol. The molecule has 6 nitrogen and oxygen atoms in total. The van der Waals surface area contributed by atoms with Crippen molar-refractivity contribution in [2.75, 3.05) is 26.8 Å². The maximum absolute atomic E-state index is 12.6. The van der Waals surface area contributed by atoms with Crippen molar-refractivity contribution in [2.24, 2.45) is 0 Å². The molecule has 1 saturated heterocycles. The molecule has 0 radical (unpaired) electrons. The summed E-state index contributed by atoms with van der Waals surface area (Å²) in [5.74, 6) is 0.865. The Morgan fingerprint density at radius 2 is 2.24 bits per heavy atom. The molecule has 0 bridgehead atoms. The van der Waals surface area contributed by atoms with Crippen LogP contribution in [-0.2, 0) is 22.4 Å². The van der Waals surface area contributed by atoms with Crippen LogP contribution in [0.2, 0.25) is 0 Å². The lowest BCUT2D eigenvalue weighted by atomic mass is 10.1. The van der Waals surface area contributed by atoms with E-state index < -0.39 is 0 Å². The number of para-hydroxylation sites is 1. The number of morpholine rings is 1. The summed E-state index contributed by atoms with van der Waals surface area (Å²) in [5.41, 5.74) is 1.91. The molecule has 0 saturated carbocycles. The van der Waals surface area contributed by atoms with Gasteiger partial charge in [-0.05, 0) is 25.0 Å². The molecule has 3 rings (SSSR count). The van der Waals surface area contributed by atoms with E-state index in [2.05, 4.69) is 9.97 Å². The van der Waals surface area contributed by atoms with Crippen LogP contribution in [0, 0.1) is 0 Å². The molecular formula is C19H23N3O3. The molecule has 132 valence electrons. The number of rotatable bonds is 6. The van der Waals surface area contributed by atoms with E-state index in [1.165, 1.54) is 0 Å². The molecule has 6 heteroatoms. The van der Waals surface area contributed by atoms with E-state index in [1.807, 2.05) is 35.2 Å². The normalized spacial score (nSPS) is 17.3. The highest BCUT2D eigenvalue weighted by Gasteiger charge is 2.24. The highest BCUT2D eigenvalue weighted by molar-refractivity contribution is 5.79. The highest BCUT2D eigenvalue weighted by atomic mass is 16.5. The molecule has 2 aromatic rings. The van der Waals surface area contributed by atoms with Crippen LogP contribution in [0.4, 0.5) is 0 Å². The Morgan fingerprint density at radius 3 is 3.04 bits per heavy atom. The van der Waals surface area contributed by atoms with Crippen LogP contribution in [0.3, 0.4) is 0 Å². The van der Waals surface area contributed by atoms with Gasteiger partial charge in [-0.3, -0.25) is 4.79 Å². The van der Waals surface area contributed by atoms with E-state index in [1.54, 1.807) is 19.6 Å². The molecule has 1 atom stereocenters. The first-order valence-corrected chi connectivity index (χ1v) is 8.52. The van der Waals surface area contributed by atoms with Gasteiger partial charge in [0.1, 0.15) is 12.1 Å². The van der Waals surface area contributed by atoms with Crippen molar-refractivity contribution in [1.82, 2.24) is 14.9 Å². The van der Waals surface area contributed by atoms with E-state index in [4.69, 9.17) is 9.47 Å². The number of hydrogen-bond acceptors (Lipinski definition) is 5. The Bertz CT molecular complexity index is 693. The predicted octanol–water partition coefficient (Wildman–Crippen LogP) is 1.89. The molecule has 0 spiro atoms. The number of aryl methyl sites for hydroxylation is 1. The number of carbonyl (C=O) groups is 1. The number of benzene rings is 1. The minimum atomic E-state index is 0.0466. The third kappa shape index (κ3) is 4.76. The topological polar surface area (TPSA) is 64.5 Å². The average Bonchev–Trinajstić information content (AvgIpc) is 2.68. The SMILES string of the molecule is COc1ccccc1CC(=O)N1CCO[C@H](CCc2ccncn2)C1. The molecule has 1 aliphatic heterocycles. The highest BCUT2D eigenvalue weighted by Crippen LogP contribution is 2.19. The van der Waals surface area contributed by atoms with Gasteiger partial charge in [0.25, 0.3) is 0 Å². The van der Waals surface area contributed by atoms with Gasteiger partial charge in [-0.25, -0.2) is 9.97 Å². The number of carbonyl (C=O) groups excluding carboxylic acids is 1. The zero-order valence-corrected chi connectivity index (χ0v) is 14.4. The Balaban J connectivity index is 1.54. The second-order valence-corrected chi connectivity index (χ2v) is 6.06. The molecular weight excluding hydrogens is 318 g/mol. The second-order valence-electron chi connectivity index (χ2n) is 6.06. The summed E-state index contributed by atoms with van der Waals surface area (Å²) in [6.07, 6.45) is 5.36. The second kappa shape index (κ2) is 8.58. The van der Waals surface area contributed by atoms with Crippen LogP contribution in [0.1, 0.15) is 17.7 Å². The molecule has 0 unspecified atom stereocenters. The molecule has 1 amide bonds. The lowest BCUT2D eigenvalue weighted by Gasteiger charge is -2.33. The third-order valence-electron chi connectivity index (χ3n) is 4.39. The molecule has 0 aliphatic carbocycles. The Labute approximate surface area is 147 Å². The standard InChI is InChI=1S/C19H23N3O3/c1-24-18-5-3-2-4-15(18)12-19(23)22-10-11-25-17(13-22)7-6-16-8-9-20-14-21-16/h2-5,8-9,14,17H,6-7,10-13H2,1H3/t17-/m1/s1. The van der Waals surface area contributed by atoms with E-state index in [-0.39, 0.29) is 12.0 Å². The van der Waals surface area contributed by atoms with Gasteiger partial charge in [0.15, 0.2) is 0 Å². The van der Waals surface area contributed by atoms with Gasteiger partial charge in [-0.15, -0.1) is 0 Å². The Hall–Kier alpha value is -2.47. The van der Waals surface area contributed by atoms with Gasteiger partial charge in [-0.2, -0.15) is 0 Å². The number of aromatic nitrogens is 2. The lowest BCUT2D eigenvalue weighted by molar-refractivity contribution is -0.138. The zero-order valence-electron chi connectivity index (χ0n) is 14.4. The van der Waals surface area contributed by atoms with E-state index in [0.717, 1.165) is 29.8 Å². The van der Waals surface area contributed by atoms with Crippen molar-refractivity contribution in [2.45, 2.75) is 25.4 Å². The van der Waals surface area contributed by atoms with Crippen LogP contribution in [0.15, 0.2) is 42.9 Å². The molecule has 2 heterocycles. The summed E-state index contributed by atoms with van der Waals surface area (Å²) in [4.78, 5) is 22.7. The quantitative estimate of drug-likeness (QED) is 0.803. The molecule has 0 N–H and O–H groups in total. The summed E-state index contributed by atoms with van der Waals surface area (Å²) in [5, 5.41) is 0. The van der Waals surface area contributed by atoms with E-state index in [0.29, 0.717) is 26.1 Å². The summed E-state index contributed by atoms with van der Waals surface area (Å²) in [7, 11) is 1.63. The van der Waals surface area contributed by atoms with E-state index in [9.17, 15) is 4.79 Å². The van der Waals surface area contributed by atoms with Crippen LogP contribution >= 0.6 is 0 Å². The first-order chi connectivity index (χ1) is 12.3. The van der Waals surface area contributed by atoms with Crippen molar-refractivity contribution < 1.29 is 14.3 Å². The molecule has 1 aromatic carbocycles. The van der Waals surface area contributed by atoms with Crippen molar-refractivity contribution in [3.63, 3.8) is 0 Å². The van der Waals surface area contributed by atoms with E-state index >= 15 is 0 Å². The monoisotopic (exact) mass is 341 g/mol. The molecule has 25 heavy (non-hydrogen) atoms. The fourth-order valence-corrected chi connectivity index (χ4v) is 3.02. The van der Waals surface area contributed by atoms with Crippen molar-refractivity contribution in [1.29, 1.82) is 0 Å². The first kappa shape index (κ1) is 17.4. The lowest BCUT2D eigenvalue weighted by Crippen LogP contribution is -2.46. The van der Waals surface area contributed by atoms with Crippen LogP contribution in [0.5, 0.6) is 5.75 Å². The summed E-state index contributed by atoms with van der Waals surface area (Å²) in [6, 6.07) is 9.56. The minimum Gasteiger partial charge on any atom is -0.496 e. The van der Waals surface area contributed by atoms with Gasteiger partial charge in [0.05, 0.1) is 26.2 Å². The minimum absolute atomic E-state index is 0.0466. The number of methoxy groups -OCH3 is 1. The fourth-order valence-electron chi connectivity index (χ4n) is 3.02. The van der Waals surface area contributed by atoms with Crippen LogP contribution in [-0.4, -0.2) is 53.7 Å². The van der Waals surface area contributed by atoms with Crippen LogP contribution < -0.4 is 4.74 Å². The largest absolute Gasteiger partial charge is 0.496 e. The number of hydrogen-bond donors (Lipinski definition) is 0. The van der Waals surface area contributed by atoms with Gasteiger partial charge in [-0.1, -0.05) is 18.2 Å². The predicted molar refractivity (Wildman–Crippen MR) is 93.4 cm³/mol. The first-order valence-electron chi connectivity index (χ1n) is 8.52. The third-order valence-corrected chi connectivity index (χ3v) is 4.39. The number of ether oxygens (including phenoxy) is 2. The maximum atomic E-state index is 12.6. The molecule has 1 aromatic heterocycles. The number of nitrogens with zero attached hydrogens (tertiary/aromatic N) is 3. The summed E-state index contributed by atoms with van der Waals surface area (Å²) < 4.78 is 11.1.